The molecule has 0 spiro atoms. The summed E-state index contributed by atoms with van der Waals surface area (Å²) in [5.41, 5.74) is 4.72. The van der Waals surface area contributed by atoms with Gasteiger partial charge in [0.2, 0.25) is 5.69 Å². The molecule has 4 aromatic rings. The highest BCUT2D eigenvalue weighted by Crippen LogP contribution is 2.38. The number of halogens is 1. The molecule has 0 aliphatic carbocycles. The predicted molar refractivity (Wildman–Crippen MR) is 142 cm³/mol. The number of benzene rings is 3. The fourth-order valence-electron chi connectivity index (χ4n) is 4.61. The molecule has 1 aromatic heterocycles. The van der Waals surface area contributed by atoms with Crippen molar-refractivity contribution in [2.24, 2.45) is 0 Å². The van der Waals surface area contributed by atoms with E-state index in [1.165, 1.54) is 7.11 Å². The van der Waals surface area contributed by atoms with Gasteiger partial charge in [-0.1, -0.05) is 30.3 Å². The van der Waals surface area contributed by atoms with Gasteiger partial charge in [-0.2, -0.15) is 4.57 Å². The van der Waals surface area contributed by atoms with Crippen LogP contribution >= 0.6 is 0 Å². The first-order valence-electron chi connectivity index (χ1n) is 11.9. The number of aromatic nitrogens is 1. The summed E-state index contributed by atoms with van der Waals surface area (Å²) < 4.78 is 29.6. The molecule has 1 heterocycles. The van der Waals surface area contributed by atoms with Crippen LogP contribution in [-0.2, 0) is 22.5 Å². The Labute approximate surface area is 229 Å². The van der Waals surface area contributed by atoms with Gasteiger partial charge in [0.1, 0.15) is 0 Å². The van der Waals surface area contributed by atoms with E-state index in [1.807, 2.05) is 42.5 Å². The van der Waals surface area contributed by atoms with Crippen LogP contribution in [0.1, 0.15) is 16.8 Å². The number of pyridine rings is 1. The Morgan fingerprint density at radius 2 is 1.34 bits per heavy atom. The molecule has 4 rings (SSSR count). The Balaban J connectivity index is 0.00000400. The van der Waals surface area contributed by atoms with E-state index in [2.05, 4.69) is 29.7 Å². The Bertz CT molecular complexity index is 1440. The van der Waals surface area contributed by atoms with Crippen molar-refractivity contribution in [3.8, 4) is 34.3 Å². The third kappa shape index (κ3) is 5.63. The molecule has 200 valence electrons. The number of methoxy groups -OCH3 is 5. The number of hydrogen-bond acceptors (Lipinski definition) is 6. The summed E-state index contributed by atoms with van der Waals surface area (Å²) in [6, 6.07) is 20.1. The molecule has 0 N–H and O–H groups in total. The van der Waals surface area contributed by atoms with Crippen molar-refractivity contribution >= 4 is 16.7 Å². The van der Waals surface area contributed by atoms with Crippen molar-refractivity contribution in [1.82, 2.24) is 0 Å². The molecule has 8 heteroatoms. The molecular formula is C30H32ClNO6. The van der Waals surface area contributed by atoms with E-state index < -0.39 is 0 Å². The maximum atomic E-state index is 12.4. The van der Waals surface area contributed by atoms with E-state index in [0.29, 0.717) is 29.5 Å². The summed E-state index contributed by atoms with van der Waals surface area (Å²) in [7, 11) is 7.82. The van der Waals surface area contributed by atoms with Crippen LogP contribution in [0.15, 0.2) is 60.7 Å². The van der Waals surface area contributed by atoms with Gasteiger partial charge in [0.15, 0.2) is 35.2 Å². The van der Waals surface area contributed by atoms with Crippen molar-refractivity contribution in [2.75, 3.05) is 35.5 Å². The first-order valence-corrected chi connectivity index (χ1v) is 11.9. The van der Waals surface area contributed by atoms with E-state index in [9.17, 15) is 4.79 Å². The Hall–Kier alpha value is -3.97. The van der Waals surface area contributed by atoms with Crippen LogP contribution in [0.3, 0.4) is 0 Å². The maximum Gasteiger partial charge on any atom is 0.310 e. The molecule has 7 nitrogen and oxygen atoms in total. The molecule has 0 saturated carbocycles. The van der Waals surface area contributed by atoms with Crippen LogP contribution in [0, 0.1) is 6.92 Å². The van der Waals surface area contributed by atoms with E-state index in [4.69, 9.17) is 23.7 Å². The minimum atomic E-state index is -0.341. The fraction of sp³-hybridized carbons (Fsp3) is 0.267. The highest BCUT2D eigenvalue weighted by molar-refractivity contribution is 5.90. The average molecular weight is 538 g/mol. The summed E-state index contributed by atoms with van der Waals surface area (Å²) >= 11 is 0. The third-order valence-corrected chi connectivity index (χ3v) is 6.56. The Kier molecular flexibility index (Phi) is 9.42. The van der Waals surface area contributed by atoms with Gasteiger partial charge in [0.25, 0.3) is 0 Å². The molecule has 0 radical (unpaired) electrons. The number of esters is 1. The second kappa shape index (κ2) is 12.5. The van der Waals surface area contributed by atoms with Gasteiger partial charge in [-0.25, -0.2) is 0 Å². The summed E-state index contributed by atoms with van der Waals surface area (Å²) in [5.74, 6) is 2.08. The first kappa shape index (κ1) is 28.6. The lowest BCUT2D eigenvalue weighted by molar-refractivity contribution is -0.682. The highest BCUT2D eigenvalue weighted by atomic mass is 35.5. The standard InChI is InChI=1S/C30H32NO6.ClH/c1-19-23-16-28(35-4)26(33-2)13-21(23)12-25(31(19)18-20-10-8-7-9-11-20)24-17-29(36-5)27(34-3)14-22(24)15-30(32)37-6;/h7-14,16-17H,15,18H2,1-6H3;1H/q+1;/p-1. The third-order valence-electron chi connectivity index (χ3n) is 6.56. The highest BCUT2D eigenvalue weighted by Gasteiger charge is 2.26. The molecule has 0 atom stereocenters. The van der Waals surface area contributed by atoms with Crippen molar-refractivity contribution in [3.05, 3.63) is 77.5 Å². The van der Waals surface area contributed by atoms with Gasteiger partial charge in [0.05, 0.1) is 52.9 Å². The lowest BCUT2D eigenvalue weighted by atomic mass is 9.96. The molecule has 0 unspecified atom stereocenters. The fourth-order valence-corrected chi connectivity index (χ4v) is 4.61. The SMILES string of the molecule is COC(=O)Cc1cc(OC)c(OC)cc1-c1cc2cc(OC)c(OC)cc2c(C)[n+]1Cc1ccccc1.[Cl-]. The number of carbonyl (C=O) groups is 1. The monoisotopic (exact) mass is 537 g/mol. The normalized spacial score (nSPS) is 10.5. The van der Waals surface area contributed by atoms with Crippen LogP contribution in [-0.4, -0.2) is 41.5 Å². The predicted octanol–water partition coefficient (Wildman–Crippen LogP) is 1.90. The van der Waals surface area contributed by atoms with Crippen LogP contribution in [0.2, 0.25) is 0 Å². The van der Waals surface area contributed by atoms with E-state index in [-0.39, 0.29) is 24.8 Å². The zero-order chi connectivity index (χ0) is 26.5. The number of rotatable bonds is 9. The number of hydrogen-bond donors (Lipinski definition) is 0. The van der Waals surface area contributed by atoms with E-state index in [0.717, 1.165) is 38.9 Å². The number of nitrogens with zero attached hydrogens (tertiary/aromatic N) is 1. The molecule has 3 aromatic carbocycles. The second-order valence-electron chi connectivity index (χ2n) is 8.60. The molecule has 0 aliphatic heterocycles. The smallest absolute Gasteiger partial charge is 0.310 e. The van der Waals surface area contributed by atoms with Crippen molar-refractivity contribution < 1.29 is 45.5 Å². The number of ether oxygens (including phenoxy) is 5. The van der Waals surface area contributed by atoms with E-state index >= 15 is 0 Å². The first-order chi connectivity index (χ1) is 17.9. The molecule has 0 bridgehead atoms. The summed E-state index contributed by atoms with van der Waals surface area (Å²) in [4.78, 5) is 12.4. The molecule has 0 aliphatic rings. The lowest BCUT2D eigenvalue weighted by Crippen LogP contribution is -3.00. The minimum absolute atomic E-state index is 0. The van der Waals surface area contributed by atoms with Gasteiger partial charge < -0.3 is 36.1 Å². The van der Waals surface area contributed by atoms with Crippen LogP contribution in [0.4, 0.5) is 0 Å². The second-order valence-corrected chi connectivity index (χ2v) is 8.60. The van der Waals surface area contributed by atoms with Gasteiger partial charge >= 0.3 is 5.97 Å². The maximum absolute atomic E-state index is 12.4. The topological polar surface area (TPSA) is 67.1 Å². The molecule has 0 saturated heterocycles. The van der Waals surface area contributed by atoms with Gasteiger partial charge in [0, 0.05) is 18.6 Å². The molecule has 0 fully saturated rings. The largest absolute Gasteiger partial charge is 1.00 e. The number of fused-ring (bicyclic) bond motifs is 1. The zero-order valence-electron chi connectivity index (χ0n) is 22.5. The molecule has 0 amide bonds. The van der Waals surface area contributed by atoms with Gasteiger partial charge in [-0.15, -0.1) is 0 Å². The van der Waals surface area contributed by atoms with Crippen molar-refractivity contribution in [3.63, 3.8) is 0 Å². The van der Waals surface area contributed by atoms with Crippen molar-refractivity contribution in [1.29, 1.82) is 0 Å². The summed E-state index contributed by atoms with van der Waals surface area (Å²) in [6.45, 7) is 2.71. The molecule has 38 heavy (non-hydrogen) atoms. The number of aryl methyl sites for hydroxylation is 1. The van der Waals surface area contributed by atoms with Crippen molar-refractivity contribution in [2.45, 2.75) is 19.9 Å². The number of carbonyl (C=O) groups excluding carboxylic acids is 1. The quantitative estimate of drug-likeness (QED) is 0.240. The summed E-state index contributed by atoms with van der Waals surface area (Å²) in [6.07, 6.45) is 0.0839. The Morgan fingerprint density at radius 3 is 1.95 bits per heavy atom. The zero-order valence-corrected chi connectivity index (χ0v) is 23.2. The van der Waals surface area contributed by atoms with Gasteiger partial charge in [-0.3, -0.25) is 4.79 Å². The molecular weight excluding hydrogens is 506 g/mol. The summed E-state index contributed by atoms with van der Waals surface area (Å²) in [5, 5.41) is 2.01. The van der Waals surface area contributed by atoms with Gasteiger partial charge in [-0.05, 0) is 35.2 Å². The van der Waals surface area contributed by atoms with Crippen LogP contribution in [0.25, 0.3) is 22.0 Å². The lowest BCUT2D eigenvalue weighted by Gasteiger charge is -2.17. The average Bonchev–Trinajstić information content (AvgIpc) is 2.93. The van der Waals surface area contributed by atoms with E-state index in [1.54, 1.807) is 28.4 Å². The van der Waals surface area contributed by atoms with Crippen LogP contribution in [0.5, 0.6) is 23.0 Å². The Morgan fingerprint density at radius 1 is 0.763 bits per heavy atom. The minimum Gasteiger partial charge on any atom is -1.00 e. The van der Waals surface area contributed by atoms with Crippen LogP contribution < -0.4 is 35.9 Å².